The topological polar surface area (TPSA) is 136 Å². The molecule has 0 aliphatic heterocycles. The van der Waals surface area contributed by atoms with Crippen molar-refractivity contribution in [3.8, 4) is 11.9 Å². The summed E-state index contributed by atoms with van der Waals surface area (Å²) in [5, 5.41) is 32.0. The molecule has 3 heterocycles. The Kier molecular flexibility index (Phi) is 7.09. The quantitative estimate of drug-likeness (QED) is 0.437. The van der Waals surface area contributed by atoms with Crippen LogP contribution in [0.2, 0.25) is 0 Å². The van der Waals surface area contributed by atoms with Crippen molar-refractivity contribution in [1.29, 1.82) is 5.26 Å². The van der Waals surface area contributed by atoms with Crippen LogP contribution in [0.25, 0.3) is 16.9 Å². The Hall–Kier alpha value is -3.68. The van der Waals surface area contributed by atoms with E-state index in [1.54, 1.807) is 42.8 Å². The van der Waals surface area contributed by atoms with Crippen molar-refractivity contribution in [3.05, 3.63) is 47.9 Å². The van der Waals surface area contributed by atoms with Gasteiger partial charge < -0.3 is 15.5 Å². The van der Waals surface area contributed by atoms with Crippen LogP contribution in [-0.2, 0) is 0 Å². The lowest BCUT2D eigenvalue weighted by Crippen LogP contribution is -2.42. The molecule has 0 unspecified atom stereocenters. The molecule has 0 aromatic carbocycles. The third-order valence-electron chi connectivity index (χ3n) is 5.04. The number of amides is 1. The number of carbonyl (C=O) groups excluding carboxylic acids is 1. The number of alkyl halides is 1. The van der Waals surface area contributed by atoms with Gasteiger partial charge >= 0.3 is 0 Å². The highest BCUT2D eigenvalue weighted by Gasteiger charge is 2.27. The van der Waals surface area contributed by atoms with Gasteiger partial charge in [-0.05, 0) is 39.8 Å². The van der Waals surface area contributed by atoms with Crippen molar-refractivity contribution in [2.75, 3.05) is 6.54 Å². The number of rotatable bonds is 8. The maximum atomic E-state index is 14.1. The van der Waals surface area contributed by atoms with Gasteiger partial charge in [0.2, 0.25) is 0 Å². The molecular formula is C24H27FN6O3. The average Bonchev–Trinajstić information content (AvgIpc) is 3.18. The minimum absolute atomic E-state index is 0.106. The van der Waals surface area contributed by atoms with E-state index in [1.807, 2.05) is 6.07 Å². The summed E-state index contributed by atoms with van der Waals surface area (Å²) in [6, 6.07) is 7.13. The molecule has 1 amide bonds. The summed E-state index contributed by atoms with van der Waals surface area (Å²) in [6.07, 6.45) is 4.59. The second kappa shape index (κ2) is 9.67. The maximum absolute atomic E-state index is 14.1. The average molecular weight is 467 g/mol. The molecule has 0 saturated carbocycles. The van der Waals surface area contributed by atoms with Crippen LogP contribution < -0.4 is 5.32 Å². The van der Waals surface area contributed by atoms with Gasteiger partial charge in [-0.3, -0.25) is 14.4 Å². The van der Waals surface area contributed by atoms with Crippen LogP contribution in [0, 0.1) is 11.3 Å². The Morgan fingerprint density at radius 3 is 2.68 bits per heavy atom. The van der Waals surface area contributed by atoms with E-state index in [4.69, 9.17) is 5.26 Å². The first kappa shape index (κ1) is 25.0. The fraction of sp³-hybridized carbons (Fsp3) is 0.375. The van der Waals surface area contributed by atoms with Crippen molar-refractivity contribution < 1.29 is 19.4 Å². The van der Waals surface area contributed by atoms with Gasteiger partial charge in [-0.2, -0.15) is 5.26 Å². The van der Waals surface area contributed by atoms with E-state index in [1.165, 1.54) is 32.5 Å². The Bertz CT molecular complexity index is 1260. The van der Waals surface area contributed by atoms with E-state index < -0.39 is 23.3 Å². The van der Waals surface area contributed by atoms with Crippen molar-refractivity contribution in [2.45, 2.75) is 51.5 Å². The number of hydrogen-bond donors (Lipinski definition) is 3. The van der Waals surface area contributed by atoms with Gasteiger partial charge in [0.1, 0.15) is 23.7 Å². The van der Waals surface area contributed by atoms with Crippen LogP contribution in [0.4, 0.5) is 10.1 Å². The first-order valence-corrected chi connectivity index (χ1v) is 10.7. The van der Waals surface area contributed by atoms with E-state index in [0.717, 1.165) is 5.39 Å². The zero-order valence-corrected chi connectivity index (χ0v) is 19.4. The van der Waals surface area contributed by atoms with Crippen LogP contribution in [-0.4, -0.2) is 60.8 Å². The molecule has 0 aliphatic carbocycles. The van der Waals surface area contributed by atoms with Gasteiger partial charge in [-0.25, -0.2) is 14.4 Å². The highest BCUT2D eigenvalue weighted by atomic mass is 19.1. The van der Waals surface area contributed by atoms with E-state index in [-0.39, 0.29) is 24.2 Å². The summed E-state index contributed by atoms with van der Waals surface area (Å²) in [5.41, 5.74) is -1.22. The first-order valence-electron chi connectivity index (χ1n) is 10.7. The lowest BCUT2D eigenvalue weighted by Gasteiger charge is -2.22. The van der Waals surface area contributed by atoms with Crippen molar-refractivity contribution in [3.63, 3.8) is 0 Å². The second-order valence-electron chi connectivity index (χ2n) is 9.15. The largest absolute Gasteiger partial charge is 0.390 e. The van der Waals surface area contributed by atoms with Crippen molar-refractivity contribution in [2.24, 2.45) is 4.99 Å². The third-order valence-corrected chi connectivity index (χ3v) is 5.04. The maximum Gasteiger partial charge on any atom is 0.255 e. The van der Waals surface area contributed by atoms with Gasteiger partial charge in [0, 0.05) is 42.7 Å². The molecule has 3 aromatic heterocycles. The zero-order valence-electron chi connectivity index (χ0n) is 19.4. The summed E-state index contributed by atoms with van der Waals surface area (Å²) in [5.74, 6) is -0.172. The molecule has 0 saturated heterocycles. The Labute approximate surface area is 196 Å². The summed E-state index contributed by atoms with van der Waals surface area (Å²) in [4.78, 5) is 25.8. The minimum Gasteiger partial charge on any atom is -0.390 e. The molecule has 0 bridgehead atoms. The van der Waals surface area contributed by atoms with Crippen molar-refractivity contribution in [1.82, 2.24) is 19.9 Å². The predicted octanol–water partition coefficient (Wildman–Crippen LogP) is 2.99. The second-order valence-corrected chi connectivity index (χ2v) is 9.15. The number of pyridine rings is 2. The van der Waals surface area contributed by atoms with Gasteiger partial charge in [-0.15, -0.1) is 0 Å². The monoisotopic (exact) mass is 466 g/mol. The molecule has 3 rings (SSSR count). The minimum atomic E-state index is -1.67. The highest BCUT2D eigenvalue weighted by Crippen LogP contribution is 2.25. The molecular weight excluding hydrogens is 439 g/mol. The van der Waals surface area contributed by atoms with Gasteiger partial charge in [0.15, 0.2) is 0 Å². The molecule has 9 nitrogen and oxygen atoms in total. The van der Waals surface area contributed by atoms with Crippen LogP contribution in [0.15, 0.2) is 41.8 Å². The number of aliphatic imine (C=N–C) groups is 1. The summed E-state index contributed by atoms with van der Waals surface area (Å²) in [6.45, 7) is 5.53. The Morgan fingerprint density at radius 2 is 2.03 bits per heavy atom. The molecule has 0 aliphatic rings. The zero-order chi connectivity index (χ0) is 25.1. The summed E-state index contributed by atoms with van der Waals surface area (Å²) >= 11 is 0. The smallest absolute Gasteiger partial charge is 0.255 e. The Balaban J connectivity index is 1.97. The standard InChI is InChI=1S/C24H27FN6O3/c1-23(2,33)6-7-27-18-10-20(31-8-5-16-9-15(11-26)12-29-21(16)31)28-13-17(18)22(32)30-14-19(25)24(3,4)34/h5,7-10,12-13,19,33-34H,6,14H2,1-4H3,(H,30,32)/t19-/m1/s1. The molecule has 1 atom stereocenters. The van der Waals surface area contributed by atoms with E-state index in [2.05, 4.69) is 20.3 Å². The van der Waals surface area contributed by atoms with Crippen LogP contribution in [0.5, 0.6) is 0 Å². The van der Waals surface area contributed by atoms with Gasteiger partial charge in [0.25, 0.3) is 5.91 Å². The first-order chi connectivity index (χ1) is 15.9. The van der Waals surface area contributed by atoms with Gasteiger partial charge in [0.05, 0.1) is 34.6 Å². The lowest BCUT2D eigenvalue weighted by atomic mass is 10.0. The summed E-state index contributed by atoms with van der Waals surface area (Å²) in [7, 11) is 0. The molecule has 178 valence electrons. The molecule has 3 N–H and O–H groups in total. The lowest BCUT2D eigenvalue weighted by molar-refractivity contribution is -0.00177. The molecule has 10 heteroatoms. The number of aliphatic hydroxyl groups is 2. The summed E-state index contributed by atoms with van der Waals surface area (Å²) < 4.78 is 15.8. The van der Waals surface area contributed by atoms with Crippen LogP contribution in [0.1, 0.15) is 50.0 Å². The number of nitrogens with one attached hydrogen (secondary N) is 1. The Morgan fingerprint density at radius 1 is 1.29 bits per heavy atom. The molecule has 0 fully saturated rings. The van der Waals surface area contributed by atoms with E-state index >= 15 is 0 Å². The number of hydrogen-bond acceptors (Lipinski definition) is 7. The SMILES string of the molecule is CC(C)(O)CC=Nc1cc(-n2ccc3cc(C#N)cnc32)ncc1C(=O)NC[C@@H](F)C(C)(C)O. The number of carbonyl (C=O) groups is 1. The van der Waals surface area contributed by atoms with Crippen LogP contribution in [0.3, 0.4) is 0 Å². The van der Waals surface area contributed by atoms with Gasteiger partial charge in [-0.1, -0.05) is 0 Å². The number of aromatic nitrogens is 3. The molecule has 0 radical (unpaired) electrons. The fourth-order valence-electron chi connectivity index (χ4n) is 3.01. The highest BCUT2D eigenvalue weighted by molar-refractivity contribution is 5.99. The normalized spacial score (nSPS) is 13.2. The molecule has 3 aromatic rings. The number of nitriles is 1. The third kappa shape index (κ3) is 6.01. The number of halogens is 1. The van der Waals surface area contributed by atoms with E-state index in [0.29, 0.717) is 17.0 Å². The van der Waals surface area contributed by atoms with Crippen LogP contribution >= 0.6 is 0 Å². The predicted molar refractivity (Wildman–Crippen MR) is 126 cm³/mol. The van der Waals surface area contributed by atoms with E-state index in [9.17, 15) is 19.4 Å². The number of nitrogens with zero attached hydrogens (tertiary/aromatic N) is 5. The van der Waals surface area contributed by atoms with Crippen molar-refractivity contribution >= 4 is 28.8 Å². The molecule has 0 spiro atoms. The molecule has 34 heavy (non-hydrogen) atoms. The number of fused-ring (bicyclic) bond motifs is 1. The fourth-order valence-corrected chi connectivity index (χ4v) is 3.01.